The van der Waals surface area contributed by atoms with Crippen LogP contribution in [0.4, 0.5) is 11.4 Å². The lowest BCUT2D eigenvalue weighted by Gasteiger charge is -2.45. The number of hydrogen-bond donors (Lipinski definition) is 1. The maximum Gasteiger partial charge on any atom is 0.0417 e. The predicted octanol–water partition coefficient (Wildman–Crippen LogP) is 2.26. The van der Waals surface area contributed by atoms with Crippen molar-refractivity contribution < 1.29 is 0 Å². The van der Waals surface area contributed by atoms with Crippen LogP contribution in [0, 0.1) is 5.92 Å². The number of piperidine rings is 3. The Hall–Kier alpha value is -1.22. The van der Waals surface area contributed by atoms with Gasteiger partial charge in [0.1, 0.15) is 0 Å². The Morgan fingerprint density at radius 2 is 1.78 bits per heavy atom. The lowest BCUT2D eigenvalue weighted by molar-refractivity contribution is 0.0975. The van der Waals surface area contributed by atoms with Crippen molar-refractivity contribution in [3.63, 3.8) is 0 Å². The molecule has 2 bridgehead atoms. The zero-order chi connectivity index (χ0) is 12.5. The average molecular weight is 245 g/mol. The van der Waals surface area contributed by atoms with E-state index in [9.17, 15) is 0 Å². The molecule has 18 heavy (non-hydrogen) atoms. The molecule has 3 nitrogen and oxygen atoms in total. The van der Waals surface area contributed by atoms with Crippen LogP contribution < -0.4 is 10.2 Å². The van der Waals surface area contributed by atoms with Crippen LogP contribution in [-0.2, 0) is 0 Å². The molecule has 1 atom stereocenters. The standard InChI is InChI=1S/C15H23N3/c1-17(2)14-5-3-13(4-6-14)16-15-11-18-9-7-12(15)8-10-18/h3-6,12,15-16H,7-11H2,1-2H3. The third-order valence-electron chi connectivity index (χ3n) is 4.39. The fourth-order valence-corrected chi connectivity index (χ4v) is 3.20. The zero-order valence-corrected chi connectivity index (χ0v) is 11.4. The minimum absolute atomic E-state index is 0.651. The minimum Gasteiger partial charge on any atom is -0.381 e. The molecule has 0 radical (unpaired) electrons. The molecular weight excluding hydrogens is 222 g/mol. The predicted molar refractivity (Wildman–Crippen MR) is 77.3 cm³/mol. The highest BCUT2D eigenvalue weighted by molar-refractivity contribution is 5.54. The highest BCUT2D eigenvalue weighted by Crippen LogP contribution is 2.30. The minimum atomic E-state index is 0.651. The fourth-order valence-electron chi connectivity index (χ4n) is 3.20. The van der Waals surface area contributed by atoms with Crippen molar-refractivity contribution in [3.05, 3.63) is 24.3 Å². The first kappa shape index (κ1) is 11.8. The molecule has 3 aliphatic heterocycles. The number of rotatable bonds is 3. The van der Waals surface area contributed by atoms with Gasteiger partial charge >= 0.3 is 0 Å². The molecule has 0 aromatic heterocycles. The van der Waals surface area contributed by atoms with Gasteiger partial charge in [-0.05, 0) is 56.1 Å². The molecule has 3 heteroatoms. The van der Waals surface area contributed by atoms with E-state index in [1.807, 2.05) is 0 Å². The van der Waals surface area contributed by atoms with Crippen LogP contribution in [0.5, 0.6) is 0 Å². The van der Waals surface area contributed by atoms with E-state index in [2.05, 4.69) is 53.5 Å². The second kappa shape index (κ2) is 4.81. The van der Waals surface area contributed by atoms with E-state index < -0.39 is 0 Å². The maximum absolute atomic E-state index is 3.72. The van der Waals surface area contributed by atoms with Gasteiger partial charge < -0.3 is 15.1 Å². The van der Waals surface area contributed by atoms with Gasteiger partial charge in [0.25, 0.3) is 0 Å². The molecular formula is C15H23N3. The van der Waals surface area contributed by atoms with Gasteiger partial charge in [-0.25, -0.2) is 0 Å². The smallest absolute Gasteiger partial charge is 0.0417 e. The normalized spacial score (nSPS) is 30.2. The summed E-state index contributed by atoms with van der Waals surface area (Å²) in [4.78, 5) is 4.73. The van der Waals surface area contributed by atoms with E-state index in [1.165, 1.54) is 43.9 Å². The van der Waals surface area contributed by atoms with Crippen LogP contribution in [0.1, 0.15) is 12.8 Å². The number of anilines is 2. The Labute approximate surface area is 110 Å². The van der Waals surface area contributed by atoms with Crippen LogP contribution in [-0.4, -0.2) is 44.7 Å². The summed E-state index contributed by atoms with van der Waals surface area (Å²) in [7, 11) is 4.16. The second-order valence-electron chi connectivity index (χ2n) is 5.83. The van der Waals surface area contributed by atoms with E-state index in [0.717, 1.165) is 5.92 Å². The SMILES string of the molecule is CN(C)c1ccc(NC2CN3CCC2CC3)cc1. The quantitative estimate of drug-likeness (QED) is 0.881. The van der Waals surface area contributed by atoms with Crippen molar-refractivity contribution in [2.75, 3.05) is 43.9 Å². The van der Waals surface area contributed by atoms with Crippen LogP contribution in [0.25, 0.3) is 0 Å². The summed E-state index contributed by atoms with van der Waals surface area (Å²) in [5.41, 5.74) is 2.52. The van der Waals surface area contributed by atoms with Gasteiger partial charge in [0.2, 0.25) is 0 Å². The van der Waals surface area contributed by atoms with E-state index in [-0.39, 0.29) is 0 Å². The Morgan fingerprint density at radius 1 is 1.11 bits per heavy atom. The highest BCUT2D eigenvalue weighted by Gasteiger charge is 2.33. The van der Waals surface area contributed by atoms with E-state index >= 15 is 0 Å². The Kier molecular flexibility index (Phi) is 3.16. The number of hydrogen-bond acceptors (Lipinski definition) is 3. The molecule has 3 heterocycles. The lowest BCUT2D eigenvalue weighted by atomic mass is 9.84. The molecule has 0 saturated carbocycles. The maximum atomic E-state index is 3.72. The van der Waals surface area contributed by atoms with Crippen LogP contribution in [0.15, 0.2) is 24.3 Å². The van der Waals surface area contributed by atoms with Gasteiger partial charge in [-0.2, -0.15) is 0 Å². The fraction of sp³-hybridized carbons (Fsp3) is 0.600. The first-order valence-electron chi connectivity index (χ1n) is 6.98. The van der Waals surface area contributed by atoms with Crippen molar-refractivity contribution in [1.29, 1.82) is 0 Å². The van der Waals surface area contributed by atoms with E-state index in [1.54, 1.807) is 0 Å². The number of fused-ring (bicyclic) bond motifs is 3. The van der Waals surface area contributed by atoms with E-state index in [4.69, 9.17) is 0 Å². The van der Waals surface area contributed by atoms with E-state index in [0.29, 0.717) is 6.04 Å². The summed E-state index contributed by atoms with van der Waals surface area (Å²) >= 11 is 0. The molecule has 4 rings (SSSR count). The highest BCUT2D eigenvalue weighted by atomic mass is 15.2. The molecule has 3 saturated heterocycles. The molecule has 3 fully saturated rings. The summed E-state index contributed by atoms with van der Waals surface area (Å²) < 4.78 is 0. The summed E-state index contributed by atoms with van der Waals surface area (Å²) in [5, 5.41) is 3.72. The van der Waals surface area contributed by atoms with Gasteiger partial charge in [0.15, 0.2) is 0 Å². The number of nitrogens with zero attached hydrogens (tertiary/aromatic N) is 2. The topological polar surface area (TPSA) is 18.5 Å². The third-order valence-corrected chi connectivity index (χ3v) is 4.39. The van der Waals surface area contributed by atoms with Gasteiger partial charge in [-0.15, -0.1) is 0 Å². The number of benzene rings is 1. The van der Waals surface area contributed by atoms with Crippen molar-refractivity contribution in [3.8, 4) is 0 Å². The molecule has 98 valence electrons. The zero-order valence-electron chi connectivity index (χ0n) is 11.4. The summed E-state index contributed by atoms with van der Waals surface area (Å²) in [6.07, 6.45) is 2.74. The molecule has 0 amide bonds. The molecule has 0 aliphatic carbocycles. The molecule has 1 aromatic rings. The molecule has 1 unspecified atom stereocenters. The first-order chi connectivity index (χ1) is 8.72. The van der Waals surface area contributed by atoms with Crippen molar-refractivity contribution >= 4 is 11.4 Å². The van der Waals surface area contributed by atoms with Crippen LogP contribution in [0.2, 0.25) is 0 Å². The Bertz CT molecular complexity index is 391. The van der Waals surface area contributed by atoms with Gasteiger partial charge in [0.05, 0.1) is 0 Å². The largest absolute Gasteiger partial charge is 0.381 e. The van der Waals surface area contributed by atoms with Crippen LogP contribution >= 0.6 is 0 Å². The second-order valence-corrected chi connectivity index (χ2v) is 5.83. The summed E-state index contributed by atoms with van der Waals surface area (Å²) in [5.74, 6) is 0.878. The van der Waals surface area contributed by atoms with Crippen molar-refractivity contribution in [2.45, 2.75) is 18.9 Å². The van der Waals surface area contributed by atoms with Crippen molar-refractivity contribution in [2.24, 2.45) is 5.92 Å². The number of nitrogens with one attached hydrogen (secondary N) is 1. The summed E-state index contributed by atoms with van der Waals surface area (Å²) in [6, 6.07) is 9.42. The molecule has 1 N–H and O–H groups in total. The molecule has 0 spiro atoms. The third kappa shape index (κ3) is 2.32. The monoisotopic (exact) mass is 245 g/mol. The van der Waals surface area contributed by atoms with Crippen molar-refractivity contribution in [1.82, 2.24) is 4.90 Å². The Balaban J connectivity index is 1.65. The Morgan fingerprint density at radius 3 is 2.28 bits per heavy atom. The summed E-state index contributed by atoms with van der Waals surface area (Å²) in [6.45, 7) is 3.84. The van der Waals surface area contributed by atoms with Crippen LogP contribution in [0.3, 0.4) is 0 Å². The van der Waals surface area contributed by atoms with Gasteiger partial charge in [0, 0.05) is 38.1 Å². The average Bonchev–Trinajstić information content (AvgIpc) is 2.41. The molecule has 1 aromatic carbocycles. The lowest BCUT2D eigenvalue weighted by Crippen LogP contribution is -2.53. The molecule has 3 aliphatic rings. The first-order valence-corrected chi connectivity index (χ1v) is 6.98. The van der Waals surface area contributed by atoms with Gasteiger partial charge in [-0.1, -0.05) is 0 Å². The van der Waals surface area contributed by atoms with Gasteiger partial charge in [-0.3, -0.25) is 0 Å².